The monoisotopic (exact) mass is 415 g/mol. The van der Waals surface area contributed by atoms with Crippen molar-refractivity contribution in [2.24, 2.45) is 5.92 Å². The first-order valence-corrected chi connectivity index (χ1v) is 10.9. The molecule has 0 radical (unpaired) electrons. The van der Waals surface area contributed by atoms with Gasteiger partial charge in [-0.15, -0.1) is 11.3 Å². The molecule has 2 aliphatic rings. The summed E-state index contributed by atoms with van der Waals surface area (Å²) in [5, 5.41) is 6.57. The maximum atomic E-state index is 12.9. The Balaban J connectivity index is 1.45. The lowest BCUT2D eigenvalue weighted by molar-refractivity contribution is -0.132. The Kier molecular flexibility index (Phi) is 5.71. The number of nitrogens with zero attached hydrogens (tertiary/aromatic N) is 1. The number of likely N-dealkylation sites (tertiary alicyclic amines) is 1. The van der Waals surface area contributed by atoms with Crippen LogP contribution in [-0.4, -0.2) is 35.7 Å². The zero-order chi connectivity index (χ0) is 20.4. The molecule has 8 heteroatoms. The van der Waals surface area contributed by atoms with Crippen molar-refractivity contribution in [2.45, 2.75) is 45.6 Å². The summed E-state index contributed by atoms with van der Waals surface area (Å²) in [4.78, 5) is 40.2. The molecule has 1 aliphatic carbocycles. The van der Waals surface area contributed by atoms with E-state index in [2.05, 4.69) is 10.6 Å². The van der Waals surface area contributed by atoms with Gasteiger partial charge in [0.15, 0.2) is 0 Å². The summed E-state index contributed by atoms with van der Waals surface area (Å²) in [6.07, 6.45) is 5.73. The second-order valence-corrected chi connectivity index (χ2v) is 8.70. The van der Waals surface area contributed by atoms with Crippen LogP contribution in [0.1, 0.15) is 52.7 Å². The smallest absolute Gasteiger partial charge is 0.254 e. The molecule has 0 bridgehead atoms. The summed E-state index contributed by atoms with van der Waals surface area (Å²) in [7, 11) is 0. The lowest BCUT2D eigenvalue weighted by Crippen LogP contribution is -2.40. The number of anilines is 1. The Hall–Kier alpha value is -2.61. The quantitative estimate of drug-likeness (QED) is 0.785. The number of fused-ring (bicyclic) bond motifs is 1. The average Bonchev–Trinajstić information content (AvgIpc) is 3.44. The van der Waals surface area contributed by atoms with E-state index in [9.17, 15) is 14.4 Å². The Morgan fingerprint density at radius 2 is 2.03 bits per heavy atom. The van der Waals surface area contributed by atoms with E-state index >= 15 is 0 Å². The van der Waals surface area contributed by atoms with Gasteiger partial charge in [-0.2, -0.15) is 0 Å². The Morgan fingerprint density at radius 3 is 2.72 bits per heavy atom. The van der Waals surface area contributed by atoms with Crippen LogP contribution in [0.25, 0.3) is 0 Å². The highest BCUT2D eigenvalue weighted by Crippen LogP contribution is 2.39. The van der Waals surface area contributed by atoms with Gasteiger partial charge in [0.05, 0.1) is 18.4 Å². The summed E-state index contributed by atoms with van der Waals surface area (Å²) in [5.74, 6) is 0.361. The molecular formula is C21H25N3O4S. The predicted octanol–water partition coefficient (Wildman–Crippen LogP) is 2.96. The summed E-state index contributed by atoms with van der Waals surface area (Å²) in [6, 6.07) is 3.60. The number of carbonyl (C=O) groups excluding carboxylic acids is 3. The predicted molar refractivity (Wildman–Crippen MR) is 110 cm³/mol. The minimum atomic E-state index is -0.178. The molecule has 2 aromatic heterocycles. The molecule has 29 heavy (non-hydrogen) atoms. The van der Waals surface area contributed by atoms with Gasteiger partial charge in [0, 0.05) is 30.8 Å². The van der Waals surface area contributed by atoms with Crippen LogP contribution in [0.2, 0.25) is 0 Å². The summed E-state index contributed by atoms with van der Waals surface area (Å²) >= 11 is 1.52. The molecule has 0 saturated carbocycles. The zero-order valence-electron chi connectivity index (χ0n) is 16.5. The Morgan fingerprint density at radius 1 is 1.24 bits per heavy atom. The number of hydrogen-bond acceptors (Lipinski definition) is 5. The fourth-order valence-corrected chi connectivity index (χ4v) is 5.36. The van der Waals surface area contributed by atoms with E-state index in [1.54, 1.807) is 24.2 Å². The number of furan rings is 1. The van der Waals surface area contributed by atoms with Crippen molar-refractivity contribution in [3.05, 3.63) is 40.2 Å². The highest BCUT2D eigenvalue weighted by atomic mass is 32.1. The topological polar surface area (TPSA) is 91.7 Å². The van der Waals surface area contributed by atoms with Crippen LogP contribution < -0.4 is 10.6 Å². The van der Waals surface area contributed by atoms with Crippen LogP contribution in [-0.2, 0) is 29.0 Å². The van der Waals surface area contributed by atoms with Gasteiger partial charge >= 0.3 is 0 Å². The van der Waals surface area contributed by atoms with Crippen molar-refractivity contribution in [1.82, 2.24) is 10.2 Å². The second-order valence-electron chi connectivity index (χ2n) is 7.59. The first kappa shape index (κ1) is 19.7. The van der Waals surface area contributed by atoms with E-state index in [-0.39, 0.29) is 23.6 Å². The maximum absolute atomic E-state index is 12.9. The number of carbonyl (C=O) groups is 3. The van der Waals surface area contributed by atoms with Crippen LogP contribution in [0.4, 0.5) is 5.00 Å². The number of thiophene rings is 1. The molecule has 3 heterocycles. The van der Waals surface area contributed by atoms with Crippen molar-refractivity contribution >= 4 is 34.1 Å². The minimum absolute atomic E-state index is 0.0501. The first-order valence-electron chi connectivity index (χ1n) is 10.0. The molecule has 1 saturated heterocycles. The van der Waals surface area contributed by atoms with Gasteiger partial charge in [0.1, 0.15) is 10.8 Å². The fourth-order valence-electron chi connectivity index (χ4n) is 4.07. The van der Waals surface area contributed by atoms with Crippen molar-refractivity contribution < 1.29 is 18.8 Å². The molecule has 0 unspecified atom stereocenters. The Bertz CT molecular complexity index is 911. The lowest BCUT2D eigenvalue weighted by atomic mass is 9.96. The minimum Gasteiger partial charge on any atom is -0.467 e. The zero-order valence-corrected chi connectivity index (χ0v) is 17.3. The van der Waals surface area contributed by atoms with Gasteiger partial charge in [-0.25, -0.2) is 0 Å². The first-order chi connectivity index (χ1) is 14.0. The van der Waals surface area contributed by atoms with Crippen LogP contribution in [0.3, 0.4) is 0 Å². The number of amides is 3. The number of piperidine rings is 1. The Labute approximate surface area is 173 Å². The van der Waals surface area contributed by atoms with E-state index in [4.69, 9.17) is 4.42 Å². The molecule has 4 rings (SSSR count). The van der Waals surface area contributed by atoms with E-state index in [0.29, 0.717) is 48.8 Å². The van der Waals surface area contributed by atoms with Gasteiger partial charge in [-0.05, 0) is 49.8 Å². The molecule has 0 spiro atoms. The third-order valence-electron chi connectivity index (χ3n) is 5.70. The van der Waals surface area contributed by atoms with Crippen LogP contribution in [0.15, 0.2) is 22.8 Å². The van der Waals surface area contributed by atoms with Crippen LogP contribution >= 0.6 is 11.3 Å². The molecule has 7 nitrogen and oxygen atoms in total. The summed E-state index contributed by atoms with van der Waals surface area (Å²) in [6.45, 7) is 3.07. The van der Waals surface area contributed by atoms with Crippen molar-refractivity contribution in [2.75, 3.05) is 18.4 Å². The largest absolute Gasteiger partial charge is 0.467 e. The standard InChI is InChI=1S/C21H25N3O4S/c1-13(25)24-9-7-14(8-10-24)19(26)23-21-18(16-5-2-6-17(16)29-21)20(27)22-12-15-4-3-11-28-15/h3-4,11,14H,2,5-10,12H2,1H3,(H,22,27)(H,23,26). The van der Waals surface area contributed by atoms with E-state index in [0.717, 1.165) is 24.8 Å². The third kappa shape index (κ3) is 4.22. The van der Waals surface area contributed by atoms with E-state index in [1.807, 2.05) is 6.07 Å². The van der Waals surface area contributed by atoms with Gasteiger partial charge in [-0.3, -0.25) is 14.4 Å². The molecule has 2 aromatic rings. The van der Waals surface area contributed by atoms with Gasteiger partial charge in [-0.1, -0.05) is 0 Å². The van der Waals surface area contributed by atoms with Crippen LogP contribution in [0, 0.1) is 5.92 Å². The highest BCUT2D eigenvalue weighted by molar-refractivity contribution is 7.17. The van der Waals surface area contributed by atoms with Crippen molar-refractivity contribution in [3.8, 4) is 0 Å². The number of hydrogen-bond donors (Lipinski definition) is 2. The van der Waals surface area contributed by atoms with Gasteiger partial charge < -0.3 is 20.0 Å². The number of nitrogens with one attached hydrogen (secondary N) is 2. The molecule has 2 N–H and O–H groups in total. The summed E-state index contributed by atoms with van der Waals surface area (Å²) in [5.41, 5.74) is 1.66. The van der Waals surface area contributed by atoms with Gasteiger partial charge in [0.2, 0.25) is 11.8 Å². The molecule has 0 aromatic carbocycles. The maximum Gasteiger partial charge on any atom is 0.254 e. The van der Waals surface area contributed by atoms with Gasteiger partial charge in [0.25, 0.3) is 5.91 Å². The average molecular weight is 416 g/mol. The summed E-state index contributed by atoms with van der Waals surface area (Å²) < 4.78 is 5.28. The SMILES string of the molecule is CC(=O)N1CCC(C(=O)Nc2sc3c(c2C(=O)NCc2ccco2)CCC3)CC1. The molecule has 1 aliphatic heterocycles. The molecule has 1 fully saturated rings. The fraction of sp³-hybridized carbons (Fsp3) is 0.476. The molecule has 3 amide bonds. The molecular weight excluding hydrogens is 390 g/mol. The second kappa shape index (κ2) is 8.41. The number of aryl methyl sites for hydroxylation is 1. The lowest BCUT2D eigenvalue weighted by Gasteiger charge is -2.30. The van der Waals surface area contributed by atoms with Crippen molar-refractivity contribution in [1.29, 1.82) is 0 Å². The molecule has 154 valence electrons. The highest BCUT2D eigenvalue weighted by Gasteiger charge is 2.30. The van der Waals surface area contributed by atoms with Crippen molar-refractivity contribution in [3.63, 3.8) is 0 Å². The van der Waals surface area contributed by atoms with E-state index in [1.165, 1.54) is 16.2 Å². The number of rotatable bonds is 5. The van der Waals surface area contributed by atoms with E-state index < -0.39 is 0 Å². The normalized spacial score (nSPS) is 16.5. The van der Waals surface area contributed by atoms with Crippen LogP contribution in [0.5, 0.6) is 0 Å². The molecule has 0 atom stereocenters. The third-order valence-corrected chi connectivity index (χ3v) is 6.91.